The Balaban J connectivity index is 1.69. The molecule has 0 radical (unpaired) electrons. The van der Waals surface area contributed by atoms with E-state index in [4.69, 9.17) is 9.72 Å². The molecule has 0 aromatic carbocycles. The summed E-state index contributed by atoms with van der Waals surface area (Å²) in [6, 6.07) is 6.12. The molecule has 1 saturated heterocycles. The zero-order valence-corrected chi connectivity index (χ0v) is 15.1. The Morgan fingerprint density at radius 3 is 2.46 bits per heavy atom. The van der Waals surface area contributed by atoms with Gasteiger partial charge in [0.15, 0.2) is 5.82 Å². The first kappa shape index (κ1) is 16.9. The van der Waals surface area contributed by atoms with E-state index >= 15 is 0 Å². The number of methoxy groups -OCH3 is 1. The van der Waals surface area contributed by atoms with E-state index in [-0.39, 0.29) is 5.54 Å². The molecule has 0 aliphatic carbocycles. The first-order chi connectivity index (χ1) is 11.5. The van der Waals surface area contributed by atoms with Gasteiger partial charge in [-0.2, -0.15) is 5.10 Å². The van der Waals surface area contributed by atoms with Crippen molar-refractivity contribution >= 4 is 5.82 Å². The molecule has 2 aromatic rings. The highest BCUT2D eigenvalue weighted by Gasteiger charge is 2.30. The third-order valence-corrected chi connectivity index (χ3v) is 4.62. The second kappa shape index (κ2) is 6.91. The number of piperazine rings is 1. The first-order valence-electron chi connectivity index (χ1n) is 8.47. The molecule has 3 rings (SSSR count). The third kappa shape index (κ3) is 3.60. The largest absolute Gasteiger partial charge is 0.383 e. The predicted octanol–water partition coefficient (Wildman–Crippen LogP) is 2.12. The zero-order chi connectivity index (χ0) is 17.2. The van der Waals surface area contributed by atoms with E-state index in [2.05, 4.69) is 40.9 Å². The van der Waals surface area contributed by atoms with Crippen LogP contribution in [0.5, 0.6) is 0 Å². The second-order valence-corrected chi connectivity index (χ2v) is 7.04. The van der Waals surface area contributed by atoms with Crippen LogP contribution in [0.1, 0.15) is 19.4 Å². The number of nitrogens with zero attached hydrogens (tertiary/aromatic N) is 5. The van der Waals surface area contributed by atoms with Gasteiger partial charge in [-0.05, 0) is 38.5 Å². The molecule has 1 aliphatic rings. The summed E-state index contributed by atoms with van der Waals surface area (Å²) < 4.78 is 7.19. The normalized spacial score (nSPS) is 16.6. The summed E-state index contributed by atoms with van der Waals surface area (Å²) in [5.41, 5.74) is 1.21. The van der Waals surface area contributed by atoms with Crippen LogP contribution in [0.4, 0.5) is 5.82 Å². The number of hydrogen-bond donors (Lipinski definition) is 0. The molecule has 0 atom stereocenters. The Hall–Kier alpha value is -1.92. The maximum Gasteiger partial charge on any atom is 0.155 e. The lowest BCUT2D eigenvalue weighted by Crippen LogP contribution is -2.56. The van der Waals surface area contributed by atoms with Crippen molar-refractivity contribution in [1.82, 2.24) is 19.7 Å². The van der Waals surface area contributed by atoms with Crippen LogP contribution in [-0.4, -0.2) is 65.1 Å². The van der Waals surface area contributed by atoms with Crippen LogP contribution in [0, 0.1) is 6.92 Å². The van der Waals surface area contributed by atoms with Crippen molar-refractivity contribution in [2.45, 2.75) is 26.3 Å². The smallest absolute Gasteiger partial charge is 0.155 e. The maximum atomic E-state index is 5.36. The molecule has 6 nitrogen and oxygen atoms in total. The fourth-order valence-corrected chi connectivity index (χ4v) is 3.24. The van der Waals surface area contributed by atoms with Crippen LogP contribution in [-0.2, 0) is 4.74 Å². The monoisotopic (exact) mass is 329 g/mol. The SMILES string of the molecule is COCC(C)(C)N1CCN(c2cccc(-n3cc(C)cn3)n2)CC1. The van der Waals surface area contributed by atoms with E-state index in [9.17, 15) is 0 Å². The highest BCUT2D eigenvalue weighted by Crippen LogP contribution is 2.21. The molecule has 24 heavy (non-hydrogen) atoms. The molecule has 6 heteroatoms. The molecule has 1 aliphatic heterocycles. The van der Waals surface area contributed by atoms with Crippen molar-refractivity contribution < 1.29 is 4.74 Å². The van der Waals surface area contributed by atoms with Gasteiger partial charge in [0.2, 0.25) is 0 Å². The van der Waals surface area contributed by atoms with E-state index in [1.54, 1.807) is 7.11 Å². The van der Waals surface area contributed by atoms with Gasteiger partial charge < -0.3 is 9.64 Å². The van der Waals surface area contributed by atoms with Gasteiger partial charge in [0.05, 0.1) is 12.8 Å². The Morgan fingerprint density at radius 2 is 1.83 bits per heavy atom. The summed E-state index contributed by atoms with van der Waals surface area (Å²) in [6.07, 6.45) is 3.85. The van der Waals surface area contributed by atoms with Crippen molar-refractivity contribution in [2.75, 3.05) is 44.8 Å². The number of aromatic nitrogens is 3. The van der Waals surface area contributed by atoms with E-state index < -0.39 is 0 Å². The van der Waals surface area contributed by atoms with Gasteiger partial charge >= 0.3 is 0 Å². The molecule has 0 spiro atoms. The highest BCUT2D eigenvalue weighted by molar-refractivity contribution is 5.43. The summed E-state index contributed by atoms with van der Waals surface area (Å²) in [5.74, 6) is 1.88. The fourth-order valence-electron chi connectivity index (χ4n) is 3.24. The highest BCUT2D eigenvalue weighted by atomic mass is 16.5. The van der Waals surface area contributed by atoms with Gasteiger partial charge in [-0.1, -0.05) is 6.07 Å². The number of anilines is 1. The van der Waals surface area contributed by atoms with Crippen LogP contribution in [0.15, 0.2) is 30.6 Å². The zero-order valence-electron chi connectivity index (χ0n) is 15.1. The molecule has 130 valence electrons. The third-order valence-electron chi connectivity index (χ3n) is 4.62. The molecule has 1 fully saturated rings. The van der Waals surface area contributed by atoms with Crippen molar-refractivity contribution in [1.29, 1.82) is 0 Å². The van der Waals surface area contributed by atoms with Crippen LogP contribution < -0.4 is 4.90 Å². The van der Waals surface area contributed by atoms with Crippen LogP contribution in [0.3, 0.4) is 0 Å². The van der Waals surface area contributed by atoms with Crippen LogP contribution in [0.25, 0.3) is 5.82 Å². The van der Waals surface area contributed by atoms with E-state index in [1.807, 2.05) is 30.1 Å². The molecule has 3 heterocycles. The topological polar surface area (TPSA) is 46.4 Å². The number of ether oxygens (including phenoxy) is 1. The van der Waals surface area contributed by atoms with Gasteiger partial charge in [-0.15, -0.1) is 0 Å². The molecule has 0 bridgehead atoms. The molecule has 0 unspecified atom stereocenters. The first-order valence-corrected chi connectivity index (χ1v) is 8.47. The number of aryl methyl sites for hydroxylation is 1. The molecule has 0 amide bonds. The Kier molecular flexibility index (Phi) is 4.87. The van der Waals surface area contributed by atoms with Gasteiger partial charge in [-0.25, -0.2) is 9.67 Å². The lowest BCUT2D eigenvalue weighted by molar-refractivity contribution is 0.0301. The number of rotatable bonds is 5. The van der Waals surface area contributed by atoms with Crippen molar-refractivity contribution in [3.63, 3.8) is 0 Å². The number of pyridine rings is 1. The Labute approximate surface area is 144 Å². The minimum atomic E-state index is 0.0721. The van der Waals surface area contributed by atoms with Gasteiger partial charge in [-0.3, -0.25) is 4.90 Å². The molecule has 0 saturated carbocycles. The average Bonchev–Trinajstić information content (AvgIpc) is 3.02. The lowest BCUT2D eigenvalue weighted by atomic mass is 10.0. The van der Waals surface area contributed by atoms with Gasteiger partial charge in [0, 0.05) is 45.0 Å². The lowest BCUT2D eigenvalue weighted by Gasteiger charge is -2.44. The predicted molar refractivity (Wildman–Crippen MR) is 95.8 cm³/mol. The summed E-state index contributed by atoms with van der Waals surface area (Å²) in [5, 5.41) is 4.35. The summed E-state index contributed by atoms with van der Waals surface area (Å²) in [4.78, 5) is 9.63. The van der Waals surface area contributed by atoms with Crippen molar-refractivity contribution in [3.8, 4) is 5.82 Å². The Bertz CT molecular complexity index is 674. The summed E-state index contributed by atoms with van der Waals surface area (Å²) >= 11 is 0. The molecule has 2 aromatic heterocycles. The fraction of sp³-hybridized carbons (Fsp3) is 0.556. The summed E-state index contributed by atoms with van der Waals surface area (Å²) in [6.45, 7) is 11.2. The second-order valence-electron chi connectivity index (χ2n) is 7.04. The minimum Gasteiger partial charge on any atom is -0.383 e. The maximum absolute atomic E-state index is 5.36. The van der Waals surface area contributed by atoms with E-state index in [1.165, 1.54) is 0 Å². The standard InChI is InChI=1S/C18H27N5O/c1-15-12-19-23(13-15)17-7-5-6-16(20-17)21-8-10-22(11-9-21)18(2,3)14-24-4/h5-7,12-13H,8-11,14H2,1-4H3. The van der Waals surface area contributed by atoms with Crippen LogP contribution in [0.2, 0.25) is 0 Å². The molecular weight excluding hydrogens is 302 g/mol. The van der Waals surface area contributed by atoms with Gasteiger partial charge in [0.1, 0.15) is 5.82 Å². The number of hydrogen-bond acceptors (Lipinski definition) is 5. The molecule has 0 N–H and O–H groups in total. The quantitative estimate of drug-likeness (QED) is 0.841. The van der Waals surface area contributed by atoms with Crippen LogP contribution >= 0.6 is 0 Å². The Morgan fingerprint density at radius 1 is 1.12 bits per heavy atom. The van der Waals surface area contributed by atoms with Crippen molar-refractivity contribution in [3.05, 3.63) is 36.2 Å². The molecular formula is C18H27N5O. The summed E-state index contributed by atoms with van der Waals surface area (Å²) in [7, 11) is 1.77. The van der Waals surface area contributed by atoms with Gasteiger partial charge in [0.25, 0.3) is 0 Å². The minimum absolute atomic E-state index is 0.0721. The van der Waals surface area contributed by atoms with Crippen molar-refractivity contribution in [2.24, 2.45) is 0 Å². The van der Waals surface area contributed by atoms with E-state index in [0.717, 1.165) is 50.0 Å². The van der Waals surface area contributed by atoms with E-state index in [0.29, 0.717) is 0 Å². The average molecular weight is 329 g/mol.